The van der Waals surface area contributed by atoms with Crippen LogP contribution in [0.2, 0.25) is 0 Å². The van der Waals surface area contributed by atoms with Crippen molar-refractivity contribution in [1.29, 1.82) is 0 Å². The molecule has 0 aliphatic carbocycles. The number of hydrogen-bond donors (Lipinski definition) is 1. The van der Waals surface area contributed by atoms with Gasteiger partial charge in [-0.15, -0.1) is 0 Å². The highest BCUT2D eigenvalue weighted by molar-refractivity contribution is 5.83. The van der Waals surface area contributed by atoms with Crippen molar-refractivity contribution in [2.45, 2.75) is 39.0 Å². The van der Waals surface area contributed by atoms with Crippen LogP contribution in [0.15, 0.2) is 41.6 Å². The van der Waals surface area contributed by atoms with Gasteiger partial charge >= 0.3 is 5.97 Å². The van der Waals surface area contributed by atoms with Crippen LogP contribution in [0.25, 0.3) is 11.0 Å². The molecule has 0 saturated carbocycles. The normalized spacial score (nSPS) is 13.1. The maximum Gasteiger partial charge on any atom is 0.308 e. The van der Waals surface area contributed by atoms with Gasteiger partial charge in [-0.2, -0.15) is 5.10 Å². The lowest BCUT2D eigenvalue weighted by molar-refractivity contribution is -0.155. The first-order chi connectivity index (χ1) is 14.3. The molecule has 10 heteroatoms. The first-order valence-corrected chi connectivity index (χ1v) is 9.38. The Morgan fingerprint density at radius 1 is 1.23 bits per heavy atom. The van der Waals surface area contributed by atoms with E-state index < -0.39 is 18.0 Å². The third kappa shape index (κ3) is 4.70. The Hall–Kier alpha value is -3.56. The van der Waals surface area contributed by atoms with E-state index in [1.54, 1.807) is 26.1 Å². The summed E-state index contributed by atoms with van der Waals surface area (Å²) < 4.78 is 21.0. The highest BCUT2D eigenvalue weighted by atomic mass is 19.1. The second-order valence-electron chi connectivity index (χ2n) is 6.91. The van der Waals surface area contributed by atoms with E-state index >= 15 is 0 Å². The number of benzene rings is 1. The van der Waals surface area contributed by atoms with E-state index in [0.29, 0.717) is 11.0 Å². The second-order valence-corrected chi connectivity index (χ2v) is 6.91. The molecular formula is C20H22FN5O4. The molecule has 9 nitrogen and oxygen atoms in total. The fraction of sp³-hybridized carbons (Fsp3) is 0.350. The molecular weight excluding hydrogens is 393 g/mol. The fourth-order valence-corrected chi connectivity index (χ4v) is 2.91. The van der Waals surface area contributed by atoms with Gasteiger partial charge in [-0.3, -0.25) is 23.6 Å². The number of nitrogens with one attached hydrogen (secondary N) is 1. The van der Waals surface area contributed by atoms with E-state index in [2.05, 4.69) is 15.4 Å². The average Bonchev–Trinajstić information content (AvgIpc) is 3.09. The predicted molar refractivity (Wildman–Crippen MR) is 106 cm³/mol. The van der Waals surface area contributed by atoms with Crippen molar-refractivity contribution < 1.29 is 18.7 Å². The maximum atomic E-state index is 13.0. The van der Waals surface area contributed by atoms with Crippen LogP contribution in [0, 0.1) is 5.82 Å². The number of aromatic nitrogens is 4. The zero-order valence-electron chi connectivity index (χ0n) is 16.8. The lowest BCUT2D eigenvalue weighted by Crippen LogP contribution is -2.37. The standard InChI is InChI=1S/C20H22FN5O4/c1-12(14-4-6-15(21)7-5-14)24-19(28)13(2)30-17(27)8-9-26-11-22-18-16(20(26)29)10-23-25(18)3/h4-7,10-13H,8-9H2,1-3H3,(H,24,28). The van der Waals surface area contributed by atoms with Crippen LogP contribution in [0.4, 0.5) is 4.39 Å². The van der Waals surface area contributed by atoms with Gasteiger partial charge in [0.1, 0.15) is 11.2 Å². The fourth-order valence-electron chi connectivity index (χ4n) is 2.91. The molecule has 158 valence electrons. The van der Waals surface area contributed by atoms with Crippen molar-refractivity contribution in [3.8, 4) is 0 Å². The van der Waals surface area contributed by atoms with E-state index in [1.807, 2.05) is 0 Å². The molecule has 0 aliphatic rings. The number of fused-ring (bicyclic) bond motifs is 1. The van der Waals surface area contributed by atoms with Crippen molar-refractivity contribution in [2.75, 3.05) is 0 Å². The summed E-state index contributed by atoms with van der Waals surface area (Å²) in [5, 5.41) is 7.06. The Bertz CT molecular complexity index is 1120. The Kier molecular flexibility index (Phi) is 6.24. The summed E-state index contributed by atoms with van der Waals surface area (Å²) in [6.07, 6.45) is 1.66. The molecule has 2 unspecified atom stereocenters. The zero-order chi connectivity index (χ0) is 21.8. The first kappa shape index (κ1) is 21.2. The third-order valence-corrected chi connectivity index (χ3v) is 4.68. The summed E-state index contributed by atoms with van der Waals surface area (Å²) in [5.74, 6) is -1.46. The summed E-state index contributed by atoms with van der Waals surface area (Å²) in [6.45, 7) is 3.27. The molecule has 1 amide bonds. The van der Waals surface area contributed by atoms with Gasteiger partial charge in [-0.25, -0.2) is 9.37 Å². The number of amides is 1. The maximum absolute atomic E-state index is 13.0. The minimum Gasteiger partial charge on any atom is -0.452 e. The number of ether oxygens (including phenoxy) is 1. The Morgan fingerprint density at radius 2 is 1.93 bits per heavy atom. The van der Waals surface area contributed by atoms with Gasteiger partial charge in [0, 0.05) is 13.6 Å². The predicted octanol–water partition coefficient (Wildman–Crippen LogP) is 1.47. The van der Waals surface area contributed by atoms with Crippen molar-refractivity contribution >= 4 is 22.9 Å². The monoisotopic (exact) mass is 415 g/mol. The summed E-state index contributed by atoms with van der Waals surface area (Å²) in [5.41, 5.74) is 0.875. The number of halogens is 1. The smallest absolute Gasteiger partial charge is 0.308 e. The third-order valence-electron chi connectivity index (χ3n) is 4.68. The van der Waals surface area contributed by atoms with Crippen LogP contribution in [-0.2, 0) is 27.9 Å². The van der Waals surface area contributed by atoms with E-state index in [9.17, 15) is 18.8 Å². The van der Waals surface area contributed by atoms with Crippen LogP contribution < -0.4 is 10.9 Å². The minimum absolute atomic E-state index is 0.0653. The summed E-state index contributed by atoms with van der Waals surface area (Å²) >= 11 is 0. The molecule has 0 bridgehead atoms. The number of esters is 1. The van der Waals surface area contributed by atoms with E-state index in [1.165, 1.54) is 40.8 Å². The van der Waals surface area contributed by atoms with E-state index in [0.717, 1.165) is 5.56 Å². The topological polar surface area (TPSA) is 108 Å². The number of aryl methyl sites for hydroxylation is 2. The van der Waals surface area contributed by atoms with Crippen LogP contribution >= 0.6 is 0 Å². The Labute approximate surface area is 171 Å². The highest BCUT2D eigenvalue weighted by Gasteiger charge is 2.20. The molecule has 1 aromatic carbocycles. The van der Waals surface area contributed by atoms with Crippen LogP contribution in [0.1, 0.15) is 31.9 Å². The second kappa shape index (κ2) is 8.85. The summed E-state index contributed by atoms with van der Waals surface area (Å²) in [6, 6.07) is 5.38. The largest absolute Gasteiger partial charge is 0.452 e. The molecule has 0 saturated heterocycles. The quantitative estimate of drug-likeness (QED) is 0.586. The Morgan fingerprint density at radius 3 is 2.63 bits per heavy atom. The average molecular weight is 415 g/mol. The number of rotatable bonds is 7. The number of carbonyl (C=O) groups is 2. The minimum atomic E-state index is -1.02. The van der Waals surface area contributed by atoms with Gasteiger partial charge < -0.3 is 10.1 Å². The van der Waals surface area contributed by atoms with Gasteiger partial charge in [-0.05, 0) is 31.5 Å². The van der Waals surface area contributed by atoms with Gasteiger partial charge in [0.25, 0.3) is 11.5 Å². The van der Waals surface area contributed by atoms with Gasteiger partial charge in [0.15, 0.2) is 11.8 Å². The number of nitrogens with zero attached hydrogens (tertiary/aromatic N) is 4. The summed E-state index contributed by atoms with van der Waals surface area (Å²) in [7, 11) is 1.68. The van der Waals surface area contributed by atoms with Crippen molar-refractivity contribution in [3.05, 3.63) is 58.5 Å². The first-order valence-electron chi connectivity index (χ1n) is 9.38. The van der Waals surface area contributed by atoms with E-state index in [4.69, 9.17) is 4.74 Å². The van der Waals surface area contributed by atoms with Crippen molar-refractivity contribution in [2.24, 2.45) is 7.05 Å². The van der Waals surface area contributed by atoms with Crippen molar-refractivity contribution in [1.82, 2.24) is 24.6 Å². The van der Waals surface area contributed by atoms with E-state index in [-0.39, 0.29) is 30.4 Å². The molecule has 0 spiro atoms. The molecule has 0 fully saturated rings. The number of carbonyl (C=O) groups excluding carboxylic acids is 2. The van der Waals surface area contributed by atoms with Crippen LogP contribution in [0.3, 0.4) is 0 Å². The van der Waals surface area contributed by atoms with Gasteiger partial charge in [0.05, 0.1) is 25.0 Å². The molecule has 3 aromatic rings. The molecule has 2 heterocycles. The molecule has 0 radical (unpaired) electrons. The molecule has 2 aromatic heterocycles. The lowest BCUT2D eigenvalue weighted by atomic mass is 10.1. The molecule has 30 heavy (non-hydrogen) atoms. The molecule has 2 atom stereocenters. The van der Waals surface area contributed by atoms with Gasteiger partial charge in [-0.1, -0.05) is 12.1 Å². The zero-order valence-corrected chi connectivity index (χ0v) is 16.8. The molecule has 1 N–H and O–H groups in total. The van der Waals surface area contributed by atoms with Crippen LogP contribution in [-0.4, -0.2) is 37.3 Å². The SMILES string of the molecule is CC(OC(=O)CCn1cnc2c(cnn2C)c1=O)C(=O)NC(C)c1ccc(F)cc1. The molecule has 0 aliphatic heterocycles. The lowest BCUT2D eigenvalue weighted by Gasteiger charge is -2.18. The highest BCUT2D eigenvalue weighted by Crippen LogP contribution is 2.13. The number of hydrogen-bond acceptors (Lipinski definition) is 6. The summed E-state index contributed by atoms with van der Waals surface area (Å²) in [4.78, 5) is 40.9. The Balaban J connectivity index is 1.53. The molecule has 3 rings (SSSR count). The van der Waals surface area contributed by atoms with Gasteiger partial charge in [0.2, 0.25) is 0 Å². The van der Waals surface area contributed by atoms with Crippen LogP contribution in [0.5, 0.6) is 0 Å². The van der Waals surface area contributed by atoms with Crippen molar-refractivity contribution in [3.63, 3.8) is 0 Å².